The van der Waals surface area contributed by atoms with Crippen LogP contribution in [0.3, 0.4) is 0 Å². The lowest BCUT2D eigenvalue weighted by Crippen LogP contribution is -2.43. The van der Waals surface area contributed by atoms with Gasteiger partial charge < -0.3 is 9.47 Å². The molecule has 2 aromatic carbocycles. The third-order valence-electron chi connectivity index (χ3n) is 6.14. The van der Waals surface area contributed by atoms with Crippen molar-refractivity contribution < 1.29 is 22.7 Å². The van der Waals surface area contributed by atoms with E-state index in [1.54, 1.807) is 17.0 Å². The van der Waals surface area contributed by atoms with E-state index in [1.807, 2.05) is 19.1 Å². The summed E-state index contributed by atoms with van der Waals surface area (Å²) in [6.07, 6.45) is 0.325. The van der Waals surface area contributed by atoms with E-state index in [4.69, 9.17) is 26.1 Å². The molecule has 8 nitrogen and oxygen atoms in total. The van der Waals surface area contributed by atoms with Crippen LogP contribution < -0.4 is 9.64 Å². The van der Waals surface area contributed by atoms with Gasteiger partial charge in [-0.15, -0.1) is 0 Å². The molecule has 3 aromatic rings. The Balaban J connectivity index is 1.47. The second-order valence-electron chi connectivity index (χ2n) is 8.66. The van der Waals surface area contributed by atoms with Crippen LogP contribution in [0.15, 0.2) is 41.3 Å². The molecule has 1 amide bonds. The van der Waals surface area contributed by atoms with Crippen LogP contribution >= 0.6 is 22.9 Å². The minimum absolute atomic E-state index is 0.105. The summed E-state index contributed by atoms with van der Waals surface area (Å²) in [5, 5.41) is 1.23. The molecule has 2 heterocycles. The van der Waals surface area contributed by atoms with Gasteiger partial charge in [-0.3, -0.25) is 14.6 Å². The van der Waals surface area contributed by atoms with E-state index >= 15 is 0 Å². The summed E-state index contributed by atoms with van der Waals surface area (Å²) < 4.78 is 37.0. The van der Waals surface area contributed by atoms with Crippen molar-refractivity contribution in [1.29, 1.82) is 0 Å². The first kappa shape index (κ1) is 26.8. The quantitative estimate of drug-likeness (QED) is 0.373. The van der Waals surface area contributed by atoms with E-state index in [0.29, 0.717) is 42.2 Å². The number of sulfone groups is 1. The lowest BCUT2D eigenvalue weighted by molar-refractivity contribution is -0.118. The van der Waals surface area contributed by atoms with Gasteiger partial charge in [0, 0.05) is 37.6 Å². The maximum Gasteiger partial charge on any atom is 0.228 e. The fourth-order valence-electron chi connectivity index (χ4n) is 4.10. The molecule has 0 unspecified atom stereocenters. The van der Waals surface area contributed by atoms with E-state index in [9.17, 15) is 13.2 Å². The number of nitrogens with zero attached hydrogens (tertiary/aromatic N) is 3. The average Bonchev–Trinajstić information content (AvgIpc) is 3.29. The number of carbonyl (C=O) groups is 1. The van der Waals surface area contributed by atoms with Gasteiger partial charge in [-0.2, -0.15) is 0 Å². The maximum atomic E-state index is 13.4. The number of rotatable bonds is 10. The number of methoxy groups -OCH3 is 1. The topological polar surface area (TPSA) is 89.0 Å². The molecule has 0 N–H and O–H groups in total. The molecule has 194 valence electrons. The highest BCUT2D eigenvalue weighted by molar-refractivity contribution is 7.91. The Morgan fingerprint density at radius 2 is 1.94 bits per heavy atom. The first-order chi connectivity index (χ1) is 17.3. The van der Waals surface area contributed by atoms with Crippen molar-refractivity contribution in [2.75, 3.05) is 57.2 Å². The third-order valence-corrected chi connectivity index (χ3v) is 9.20. The Morgan fingerprint density at radius 1 is 1.22 bits per heavy atom. The van der Waals surface area contributed by atoms with E-state index in [-0.39, 0.29) is 29.4 Å². The Kier molecular flexibility index (Phi) is 8.84. The Morgan fingerprint density at radius 3 is 2.64 bits per heavy atom. The first-order valence-electron chi connectivity index (χ1n) is 11.8. The molecule has 1 saturated heterocycles. The fourth-order valence-corrected chi connectivity index (χ4v) is 6.88. The zero-order valence-electron chi connectivity index (χ0n) is 20.4. The number of amides is 1. The summed E-state index contributed by atoms with van der Waals surface area (Å²) in [5.41, 5.74) is 1.77. The number of carbonyl (C=O) groups excluding carboxylic acids is 1. The highest BCUT2D eigenvalue weighted by Gasteiger charge is 2.23. The van der Waals surface area contributed by atoms with Crippen molar-refractivity contribution in [1.82, 2.24) is 9.88 Å². The molecule has 0 spiro atoms. The van der Waals surface area contributed by atoms with Gasteiger partial charge in [-0.05, 0) is 55.3 Å². The zero-order valence-corrected chi connectivity index (χ0v) is 22.8. The number of anilines is 1. The number of hydrogen-bond acceptors (Lipinski definition) is 8. The summed E-state index contributed by atoms with van der Waals surface area (Å²) >= 11 is 7.66. The normalized spacial score (nSPS) is 14.8. The summed E-state index contributed by atoms with van der Waals surface area (Å²) in [4.78, 5) is 22.3. The fraction of sp³-hybridized carbons (Fsp3) is 0.440. The van der Waals surface area contributed by atoms with Crippen molar-refractivity contribution >= 4 is 54.0 Å². The van der Waals surface area contributed by atoms with E-state index in [0.717, 1.165) is 28.9 Å². The van der Waals surface area contributed by atoms with Crippen LogP contribution in [-0.4, -0.2) is 76.5 Å². The molecule has 0 bridgehead atoms. The van der Waals surface area contributed by atoms with Gasteiger partial charge in [0.2, 0.25) is 5.91 Å². The minimum atomic E-state index is -3.51. The number of halogens is 1. The van der Waals surface area contributed by atoms with Gasteiger partial charge >= 0.3 is 0 Å². The van der Waals surface area contributed by atoms with Crippen molar-refractivity contribution in [2.24, 2.45) is 0 Å². The van der Waals surface area contributed by atoms with Crippen molar-refractivity contribution in [3.05, 3.63) is 47.0 Å². The zero-order chi connectivity index (χ0) is 25.7. The Hall–Kier alpha value is -2.24. The van der Waals surface area contributed by atoms with Crippen molar-refractivity contribution in [2.45, 2.75) is 24.7 Å². The Labute approximate surface area is 220 Å². The number of benzene rings is 2. The van der Waals surface area contributed by atoms with Crippen LogP contribution in [-0.2, 0) is 19.4 Å². The maximum absolute atomic E-state index is 13.4. The summed E-state index contributed by atoms with van der Waals surface area (Å²) in [6.45, 7) is 6.09. The first-order valence-corrected chi connectivity index (χ1v) is 14.7. The molecule has 0 radical (unpaired) electrons. The van der Waals surface area contributed by atoms with Crippen LogP contribution in [0.5, 0.6) is 5.75 Å². The second kappa shape index (κ2) is 11.9. The predicted octanol–water partition coefficient (Wildman–Crippen LogP) is 4.19. The van der Waals surface area contributed by atoms with Crippen molar-refractivity contribution in [3.63, 3.8) is 0 Å². The Bertz CT molecular complexity index is 1310. The monoisotopic (exact) mass is 551 g/mol. The van der Waals surface area contributed by atoms with Crippen LogP contribution in [0.25, 0.3) is 10.2 Å². The van der Waals surface area contributed by atoms with Crippen LogP contribution in [0.2, 0.25) is 5.02 Å². The van der Waals surface area contributed by atoms with E-state index in [2.05, 4.69) is 4.90 Å². The lowest BCUT2D eigenvalue weighted by atomic mass is 10.2. The van der Waals surface area contributed by atoms with Gasteiger partial charge in [0.15, 0.2) is 15.0 Å². The third kappa shape index (κ3) is 6.54. The summed E-state index contributed by atoms with van der Waals surface area (Å²) in [6, 6.07) is 10.0. The molecule has 4 rings (SSSR count). The molecule has 1 fully saturated rings. The van der Waals surface area contributed by atoms with E-state index in [1.165, 1.54) is 30.6 Å². The molecule has 1 aliphatic rings. The van der Waals surface area contributed by atoms with Crippen LogP contribution in [0.4, 0.5) is 5.13 Å². The molecular weight excluding hydrogens is 522 g/mol. The minimum Gasteiger partial charge on any atom is -0.497 e. The number of morpholine rings is 1. The molecule has 0 aliphatic carbocycles. The van der Waals surface area contributed by atoms with Gasteiger partial charge in [0.1, 0.15) is 5.75 Å². The largest absolute Gasteiger partial charge is 0.497 e. The summed E-state index contributed by atoms with van der Waals surface area (Å²) in [5.74, 6) is 0.333. The molecule has 0 saturated carbocycles. The van der Waals surface area contributed by atoms with Gasteiger partial charge in [-0.25, -0.2) is 13.4 Å². The van der Waals surface area contributed by atoms with Gasteiger partial charge in [0.25, 0.3) is 0 Å². The number of aryl methyl sites for hydroxylation is 1. The lowest BCUT2D eigenvalue weighted by Gasteiger charge is -2.29. The molecule has 1 aliphatic heterocycles. The number of thiazole rings is 1. The number of hydrogen-bond donors (Lipinski definition) is 0. The molecule has 11 heteroatoms. The van der Waals surface area contributed by atoms with E-state index < -0.39 is 9.84 Å². The number of aromatic nitrogens is 1. The van der Waals surface area contributed by atoms with Gasteiger partial charge in [-0.1, -0.05) is 22.9 Å². The smallest absolute Gasteiger partial charge is 0.228 e. The van der Waals surface area contributed by atoms with Crippen LogP contribution in [0.1, 0.15) is 18.4 Å². The molecule has 1 aromatic heterocycles. The molecular formula is C25H30ClN3O5S2. The van der Waals surface area contributed by atoms with Crippen molar-refractivity contribution in [3.8, 4) is 5.75 Å². The number of ether oxygens (including phenoxy) is 2. The summed E-state index contributed by atoms with van der Waals surface area (Å²) in [7, 11) is -1.98. The van der Waals surface area contributed by atoms with Crippen LogP contribution in [0, 0.1) is 6.92 Å². The SMILES string of the molecule is COc1ccc(S(=O)(=O)CCCC(=O)N(CCN2CCOCC2)c2nc3c(C)cc(Cl)cc3s2)cc1. The second-order valence-corrected chi connectivity index (χ2v) is 12.2. The highest BCUT2D eigenvalue weighted by atomic mass is 35.5. The number of fused-ring (bicyclic) bond motifs is 1. The van der Waals surface area contributed by atoms with Gasteiger partial charge in [0.05, 0.1) is 41.2 Å². The highest BCUT2D eigenvalue weighted by Crippen LogP contribution is 2.33. The molecule has 36 heavy (non-hydrogen) atoms. The average molecular weight is 552 g/mol. The predicted molar refractivity (Wildman–Crippen MR) is 143 cm³/mol. The standard InChI is InChI=1S/C25H30ClN3O5S2/c1-18-16-19(26)17-22-24(18)27-25(35-22)29(10-9-28-11-13-34-14-12-28)23(30)4-3-15-36(31,32)21-7-5-20(33-2)6-8-21/h5-8,16-17H,3-4,9-15H2,1-2H3. The molecule has 0 atom stereocenters.